The lowest BCUT2D eigenvalue weighted by Crippen LogP contribution is -2.45. The fourth-order valence-corrected chi connectivity index (χ4v) is 3.06. The summed E-state index contributed by atoms with van der Waals surface area (Å²) in [6.07, 6.45) is 2.99. The number of nitrogens with one attached hydrogen (secondary N) is 2. The summed E-state index contributed by atoms with van der Waals surface area (Å²) in [5.74, 6) is 0. The summed E-state index contributed by atoms with van der Waals surface area (Å²) in [7, 11) is -3.55. The van der Waals surface area contributed by atoms with Gasteiger partial charge in [-0.25, -0.2) is 18.1 Å². The average Bonchev–Trinajstić information content (AvgIpc) is 2.39. The number of pyridine rings is 1. The number of hydrogen-bond donors (Lipinski definition) is 2. The Labute approximate surface area is 106 Å². The van der Waals surface area contributed by atoms with Gasteiger partial charge < -0.3 is 5.32 Å². The molecule has 1 saturated heterocycles. The van der Waals surface area contributed by atoms with Crippen molar-refractivity contribution in [3.05, 3.63) is 24.0 Å². The summed E-state index contributed by atoms with van der Waals surface area (Å²) in [6.45, 7) is 1.57. The molecule has 1 atom stereocenters. The van der Waals surface area contributed by atoms with Crippen molar-refractivity contribution < 1.29 is 8.42 Å². The first-order chi connectivity index (χ1) is 8.62. The second kappa shape index (κ2) is 5.44. The molecule has 1 fully saturated rings. The van der Waals surface area contributed by atoms with Crippen LogP contribution in [0.2, 0.25) is 0 Å². The minimum atomic E-state index is -3.55. The van der Waals surface area contributed by atoms with Crippen LogP contribution in [0.25, 0.3) is 0 Å². The van der Waals surface area contributed by atoms with Crippen molar-refractivity contribution in [2.24, 2.45) is 0 Å². The van der Waals surface area contributed by atoms with Crippen molar-refractivity contribution in [3.8, 4) is 6.07 Å². The highest BCUT2D eigenvalue weighted by atomic mass is 32.2. The third kappa shape index (κ3) is 3.04. The van der Waals surface area contributed by atoms with Crippen LogP contribution in [0, 0.1) is 11.3 Å². The number of hydrogen-bond acceptors (Lipinski definition) is 5. The van der Waals surface area contributed by atoms with Crippen molar-refractivity contribution >= 4 is 10.0 Å². The molecule has 2 N–H and O–H groups in total. The van der Waals surface area contributed by atoms with E-state index in [9.17, 15) is 8.42 Å². The van der Waals surface area contributed by atoms with Crippen LogP contribution in [-0.4, -0.2) is 32.5 Å². The lowest BCUT2D eigenvalue weighted by atomic mass is 10.1. The van der Waals surface area contributed by atoms with E-state index >= 15 is 0 Å². The van der Waals surface area contributed by atoms with E-state index in [1.165, 1.54) is 18.3 Å². The van der Waals surface area contributed by atoms with E-state index in [0.717, 1.165) is 19.4 Å². The fourth-order valence-electron chi connectivity index (χ4n) is 1.85. The minimum absolute atomic E-state index is 0.0839. The first-order valence-corrected chi connectivity index (χ1v) is 7.19. The van der Waals surface area contributed by atoms with Gasteiger partial charge in [0.05, 0.1) is 0 Å². The van der Waals surface area contributed by atoms with E-state index in [2.05, 4.69) is 15.0 Å². The average molecular weight is 266 g/mol. The molecule has 96 valence electrons. The van der Waals surface area contributed by atoms with Gasteiger partial charge in [-0.1, -0.05) is 0 Å². The summed E-state index contributed by atoms with van der Waals surface area (Å²) < 4.78 is 26.7. The van der Waals surface area contributed by atoms with Crippen LogP contribution >= 0.6 is 0 Å². The Balaban J connectivity index is 2.12. The molecule has 0 unspecified atom stereocenters. The summed E-state index contributed by atoms with van der Waals surface area (Å²) in [4.78, 5) is 3.85. The number of nitriles is 1. The van der Waals surface area contributed by atoms with Gasteiger partial charge in [-0.3, -0.25) is 0 Å². The molecule has 0 aliphatic carbocycles. The van der Waals surface area contributed by atoms with Gasteiger partial charge in [-0.2, -0.15) is 5.26 Å². The molecular formula is C11H14N4O2S. The highest BCUT2D eigenvalue weighted by molar-refractivity contribution is 7.89. The molecule has 1 aromatic heterocycles. The maximum absolute atomic E-state index is 12.0. The predicted molar refractivity (Wildman–Crippen MR) is 65.2 cm³/mol. The highest BCUT2D eigenvalue weighted by Crippen LogP contribution is 2.10. The zero-order valence-corrected chi connectivity index (χ0v) is 10.6. The molecule has 0 radical (unpaired) electrons. The molecule has 1 aliphatic rings. The Morgan fingerprint density at radius 1 is 1.50 bits per heavy atom. The molecule has 1 aromatic rings. The van der Waals surface area contributed by atoms with Gasteiger partial charge >= 0.3 is 0 Å². The Hall–Kier alpha value is -1.49. The molecule has 6 nitrogen and oxygen atoms in total. The normalized spacial score (nSPS) is 20.3. The quantitative estimate of drug-likeness (QED) is 0.802. The van der Waals surface area contributed by atoms with E-state index < -0.39 is 10.0 Å². The summed E-state index contributed by atoms with van der Waals surface area (Å²) >= 11 is 0. The maximum atomic E-state index is 12.0. The lowest BCUT2D eigenvalue weighted by Gasteiger charge is -2.23. The predicted octanol–water partition coefficient (Wildman–Crippen LogP) is -0.0164. The van der Waals surface area contributed by atoms with E-state index in [-0.39, 0.29) is 16.6 Å². The minimum Gasteiger partial charge on any atom is -0.315 e. The Morgan fingerprint density at radius 2 is 2.33 bits per heavy atom. The smallest absolute Gasteiger partial charge is 0.242 e. The van der Waals surface area contributed by atoms with Gasteiger partial charge in [0.15, 0.2) is 0 Å². The summed E-state index contributed by atoms with van der Waals surface area (Å²) in [5.41, 5.74) is 0.202. The molecule has 2 heterocycles. The van der Waals surface area contributed by atoms with Gasteiger partial charge in [-0.05, 0) is 31.5 Å². The van der Waals surface area contributed by atoms with E-state index in [1.54, 1.807) is 0 Å². The SMILES string of the molecule is N#Cc1ccc(S(=O)(=O)N[C@H]2CCCNC2)cn1. The molecule has 18 heavy (non-hydrogen) atoms. The molecule has 0 aromatic carbocycles. The molecule has 0 spiro atoms. The molecule has 0 bridgehead atoms. The van der Waals surface area contributed by atoms with E-state index in [4.69, 9.17) is 5.26 Å². The van der Waals surface area contributed by atoms with Crippen LogP contribution in [0.5, 0.6) is 0 Å². The molecule has 0 saturated carbocycles. The van der Waals surface area contributed by atoms with Crippen LogP contribution in [0.15, 0.2) is 23.2 Å². The van der Waals surface area contributed by atoms with E-state index in [1.807, 2.05) is 6.07 Å². The third-order valence-electron chi connectivity index (χ3n) is 2.78. The number of sulfonamides is 1. The van der Waals surface area contributed by atoms with Crippen molar-refractivity contribution in [3.63, 3.8) is 0 Å². The monoisotopic (exact) mass is 266 g/mol. The zero-order chi connectivity index (χ0) is 13.0. The van der Waals surface area contributed by atoms with Gasteiger partial charge in [0.2, 0.25) is 10.0 Å². The van der Waals surface area contributed by atoms with Crippen molar-refractivity contribution in [1.82, 2.24) is 15.0 Å². The number of piperidine rings is 1. The van der Waals surface area contributed by atoms with Gasteiger partial charge in [0, 0.05) is 18.8 Å². The second-order valence-corrected chi connectivity index (χ2v) is 5.87. The van der Waals surface area contributed by atoms with Crippen molar-refractivity contribution in [2.45, 2.75) is 23.8 Å². The summed E-state index contributed by atoms with van der Waals surface area (Å²) in [6, 6.07) is 4.56. The largest absolute Gasteiger partial charge is 0.315 e. The van der Waals surface area contributed by atoms with Crippen LogP contribution in [0.1, 0.15) is 18.5 Å². The Bertz CT molecular complexity index is 541. The molecule has 7 heteroatoms. The number of aromatic nitrogens is 1. The molecular weight excluding hydrogens is 252 g/mol. The Morgan fingerprint density at radius 3 is 2.89 bits per heavy atom. The topological polar surface area (TPSA) is 94.9 Å². The molecule has 1 aliphatic heterocycles. The lowest BCUT2D eigenvalue weighted by molar-refractivity contribution is 0.428. The molecule has 0 amide bonds. The maximum Gasteiger partial charge on any atom is 0.242 e. The van der Waals surface area contributed by atoms with Crippen molar-refractivity contribution in [2.75, 3.05) is 13.1 Å². The van der Waals surface area contributed by atoms with Crippen molar-refractivity contribution in [1.29, 1.82) is 5.26 Å². The zero-order valence-electron chi connectivity index (χ0n) is 9.76. The van der Waals surface area contributed by atoms with Crippen LogP contribution in [0.4, 0.5) is 0 Å². The van der Waals surface area contributed by atoms with Crippen LogP contribution in [-0.2, 0) is 10.0 Å². The summed E-state index contributed by atoms with van der Waals surface area (Å²) in [5, 5.41) is 11.7. The highest BCUT2D eigenvalue weighted by Gasteiger charge is 2.21. The second-order valence-electron chi connectivity index (χ2n) is 4.16. The van der Waals surface area contributed by atoms with Gasteiger partial charge in [0.1, 0.15) is 16.7 Å². The third-order valence-corrected chi connectivity index (χ3v) is 4.29. The number of rotatable bonds is 3. The van der Waals surface area contributed by atoms with Crippen LogP contribution < -0.4 is 10.0 Å². The molecule has 2 rings (SSSR count). The van der Waals surface area contributed by atoms with Gasteiger partial charge in [-0.15, -0.1) is 0 Å². The van der Waals surface area contributed by atoms with E-state index in [0.29, 0.717) is 6.54 Å². The van der Waals surface area contributed by atoms with Gasteiger partial charge in [0.25, 0.3) is 0 Å². The first kappa shape index (κ1) is 13.0. The number of nitrogens with zero attached hydrogens (tertiary/aromatic N) is 2. The standard InChI is InChI=1S/C11H14N4O2S/c12-6-9-3-4-11(8-14-9)18(16,17)15-10-2-1-5-13-7-10/h3-4,8,10,13,15H,1-2,5,7H2/t10-/m0/s1. The Kier molecular flexibility index (Phi) is 3.91. The first-order valence-electron chi connectivity index (χ1n) is 5.71. The van der Waals surface area contributed by atoms with Crippen LogP contribution in [0.3, 0.4) is 0 Å². The fraction of sp³-hybridized carbons (Fsp3) is 0.455.